The Kier molecular flexibility index (Phi) is 17.8. The third kappa shape index (κ3) is 12.6. The number of Topliss-reactive ketones (excluding diaryl/α,β-unsaturated/α-hetero) is 2. The molecule has 0 rings (SSSR count). The number of hydrogen-bond acceptors (Lipinski definition) is 14. The summed E-state index contributed by atoms with van der Waals surface area (Å²) in [5.74, 6) is -10.8. The Morgan fingerprint density at radius 2 is 1.16 bits per heavy atom. The van der Waals surface area contributed by atoms with E-state index in [-0.39, 0.29) is 12.8 Å². The minimum Gasteiger partial charge on any atom is -0.481 e. The van der Waals surface area contributed by atoms with Crippen molar-refractivity contribution in [3.63, 3.8) is 0 Å². The van der Waals surface area contributed by atoms with Gasteiger partial charge in [0.1, 0.15) is 48.4 Å². The minimum atomic E-state index is -2.30. The molecule has 0 aromatic rings. The Labute approximate surface area is 246 Å². The molecule has 12 N–H and O–H groups in total. The standard InChI is InChI=1S/C25H42N2O16/c1-3-10(24(40)41)5-14(31)18(22(38)21(37)16(33)9-29)27-17(34)7-13(25(42)43)26-23(39)12(6-11(30)4-2)19(35)20(36)15(32)8-28/h10,12-13,15-16,18-22,28-29,32-33,35-38H,3-9H2,1-2H3,(H,26,39)(H,27,34)(H,40,41)(H,42,43)/t10-,12+,13+,15-,16-,18-,19-,20-,21-,22-/m1/s1. The predicted octanol–water partition coefficient (Wildman–Crippen LogP) is -5.36. The van der Waals surface area contributed by atoms with Gasteiger partial charge in [-0.05, 0) is 6.42 Å². The molecule has 18 nitrogen and oxygen atoms in total. The molecule has 0 aromatic carbocycles. The van der Waals surface area contributed by atoms with Gasteiger partial charge < -0.3 is 61.7 Å². The van der Waals surface area contributed by atoms with Crippen molar-refractivity contribution in [2.45, 2.75) is 94.7 Å². The molecular formula is C25H42N2O16. The van der Waals surface area contributed by atoms with Gasteiger partial charge in [0, 0.05) is 19.3 Å². The molecule has 0 aliphatic heterocycles. The zero-order chi connectivity index (χ0) is 33.6. The molecule has 18 heteroatoms. The van der Waals surface area contributed by atoms with Crippen LogP contribution in [0.15, 0.2) is 0 Å². The van der Waals surface area contributed by atoms with Gasteiger partial charge in [0.25, 0.3) is 0 Å². The highest BCUT2D eigenvalue weighted by molar-refractivity contribution is 5.94. The summed E-state index contributed by atoms with van der Waals surface area (Å²) >= 11 is 0. The Balaban J connectivity index is 6.05. The average Bonchev–Trinajstić information content (AvgIpc) is 2.97. The van der Waals surface area contributed by atoms with E-state index in [1.54, 1.807) is 0 Å². The van der Waals surface area contributed by atoms with Gasteiger partial charge in [-0.15, -0.1) is 0 Å². The number of carboxylic acids is 2. The van der Waals surface area contributed by atoms with Crippen LogP contribution in [0.2, 0.25) is 0 Å². The maximum atomic E-state index is 12.9. The highest BCUT2D eigenvalue weighted by atomic mass is 16.4. The summed E-state index contributed by atoms with van der Waals surface area (Å²) in [5.41, 5.74) is 0. The Bertz CT molecular complexity index is 962. The quantitative estimate of drug-likeness (QED) is 0.0533. The molecule has 2 amide bonds. The summed E-state index contributed by atoms with van der Waals surface area (Å²) in [5, 5.41) is 101. The summed E-state index contributed by atoms with van der Waals surface area (Å²) in [6.07, 6.45) is -15.6. The number of rotatable bonds is 22. The maximum absolute atomic E-state index is 12.9. The predicted molar refractivity (Wildman–Crippen MR) is 141 cm³/mol. The Morgan fingerprint density at radius 3 is 1.58 bits per heavy atom. The second-order valence-corrected chi connectivity index (χ2v) is 9.93. The molecule has 248 valence electrons. The normalized spacial score (nSPS) is 18.5. The zero-order valence-corrected chi connectivity index (χ0v) is 23.6. The molecule has 0 radical (unpaired) electrons. The molecule has 10 atom stereocenters. The second-order valence-electron chi connectivity index (χ2n) is 9.93. The molecule has 0 bridgehead atoms. The molecule has 0 saturated carbocycles. The lowest BCUT2D eigenvalue weighted by molar-refractivity contribution is -0.149. The molecule has 0 fully saturated rings. The number of aliphatic hydroxyl groups is 8. The van der Waals surface area contributed by atoms with Gasteiger partial charge in [-0.1, -0.05) is 13.8 Å². The number of carboxylic acid groups (broad SMARTS) is 2. The topological polar surface area (TPSA) is 329 Å². The molecule has 0 spiro atoms. The van der Waals surface area contributed by atoms with Crippen LogP contribution in [-0.2, 0) is 28.8 Å². The lowest BCUT2D eigenvalue weighted by Gasteiger charge is -2.30. The van der Waals surface area contributed by atoms with E-state index in [0.717, 1.165) is 0 Å². The van der Waals surface area contributed by atoms with Crippen LogP contribution in [0.1, 0.15) is 46.0 Å². The van der Waals surface area contributed by atoms with E-state index in [9.17, 15) is 69.6 Å². The van der Waals surface area contributed by atoms with Gasteiger partial charge in [-0.3, -0.25) is 24.0 Å². The Hall–Kier alpha value is -3.10. The van der Waals surface area contributed by atoms with Crippen molar-refractivity contribution in [3.05, 3.63) is 0 Å². The van der Waals surface area contributed by atoms with Crippen LogP contribution in [-0.4, -0.2) is 148 Å². The van der Waals surface area contributed by atoms with Crippen molar-refractivity contribution in [1.82, 2.24) is 10.6 Å². The first-order valence-electron chi connectivity index (χ1n) is 13.4. The van der Waals surface area contributed by atoms with E-state index in [1.165, 1.54) is 13.8 Å². The van der Waals surface area contributed by atoms with Crippen LogP contribution in [0.25, 0.3) is 0 Å². The Morgan fingerprint density at radius 1 is 0.651 bits per heavy atom. The van der Waals surface area contributed by atoms with Crippen LogP contribution in [0.4, 0.5) is 0 Å². The summed E-state index contributed by atoms with van der Waals surface area (Å²) in [6, 6.07) is -4.21. The highest BCUT2D eigenvalue weighted by Gasteiger charge is 2.40. The van der Waals surface area contributed by atoms with Crippen molar-refractivity contribution in [1.29, 1.82) is 0 Å². The monoisotopic (exact) mass is 626 g/mol. The zero-order valence-electron chi connectivity index (χ0n) is 23.6. The van der Waals surface area contributed by atoms with E-state index in [1.807, 2.05) is 10.6 Å². The summed E-state index contributed by atoms with van der Waals surface area (Å²) in [4.78, 5) is 73.7. The fourth-order valence-corrected chi connectivity index (χ4v) is 3.89. The first-order chi connectivity index (χ1) is 20.0. The maximum Gasteiger partial charge on any atom is 0.326 e. The lowest BCUT2D eigenvalue weighted by atomic mass is 9.88. The molecule has 0 aliphatic rings. The number of aliphatic hydroxyl groups excluding tert-OH is 8. The summed E-state index contributed by atoms with van der Waals surface area (Å²) in [7, 11) is 0. The van der Waals surface area contributed by atoms with Crippen LogP contribution in [0.3, 0.4) is 0 Å². The largest absolute Gasteiger partial charge is 0.481 e. The third-order valence-corrected chi connectivity index (χ3v) is 6.75. The number of nitrogens with one attached hydrogen (secondary N) is 2. The van der Waals surface area contributed by atoms with Crippen molar-refractivity contribution in [2.75, 3.05) is 13.2 Å². The smallest absolute Gasteiger partial charge is 0.326 e. The van der Waals surface area contributed by atoms with E-state index < -0.39 is 128 Å². The average molecular weight is 627 g/mol. The molecule has 0 saturated heterocycles. The SMILES string of the molecule is CCC(=O)C[C@H](C(=O)N[C@@H](CC(=O)N[C@H](C(=O)C[C@@H](CC)C(=O)O)[C@@H](O)[C@H](O)[C@H](O)CO)C(=O)O)[C@@H](O)[C@H](O)[C@H](O)CO. The number of hydrogen-bond donors (Lipinski definition) is 12. The number of carbonyl (C=O) groups is 6. The van der Waals surface area contributed by atoms with Crippen LogP contribution in [0, 0.1) is 11.8 Å². The van der Waals surface area contributed by atoms with Crippen molar-refractivity contribution in [2.24, 2.45) is 11.8 Å². The van der Waals surface area contributed by atoms with Crippen molar-refractivity contribution >= 4 is 35.3 Å². The highest BCUT2D eigenvalue weighted by Crippen LogP contribution is 2.18. The second kappa shape index (κ2) is 19.2. The fraction of sp³-hybridized carbons (Fsp3) is 0.760. The van der Waals surface area contributed by atoms with Gasteiger partial charge in [0.15, 0.2) is 5.78 Å². The van der Waals surface area contributed by atoms with E-state index in [4.69, 9.17) is 10.2 Å². The van der Waals surface area contributed by atoms with Crippen LogP contribution in [0.5, 0.6) is 0 Å². The number of amides is 2. The van der Waals surface area contributed by atoms with Crippen molar-refractivity contribution in [3.8, 4) is 0 Å². The van der Waals surface area contributed by atoms with E-state index >= 15 is 0 Å². The first kappa shape index (κ1) is 39.9. The van der Waals surface area contributed by atoms with Crippen molar-refractivity contribution < 1.29 is 79.8 Å². The molecule has 43 heavy (non-hydrogen) atoms. The van der Waals surface area contributed by atoms with E-state index in [2.05, 4.69) is 0 Å². The molecular weight excluding hydrogens is 584 g/mol. The fourth-order valence-electron chi connectivity index (χ4n) is 3.89. The van der Waals surface area contributed by atoms with Gasteiger partial charge in [-0.2, -0.15) is 0 Å². The van der Waals surface area contributed by atoms with Gasteiger partial charge in [0.05, 0.1) is 37.6 Å². The van der Waals surface area contributed by atoms with Gasteiger partial charge >= 0.3 is 11.9 Å². The lowest BCUT2D eigenvalue weighted by Crippen LogP contribution is -2.57. The molecule has 0 heterocycles. The molecule has 0 aliphatic carbocycles. The van der Waals surface area contributed by atoms with Gasteiger partial charge in [0.2, 0.25) is 11.8 Å². The summed E-state index contributed by atoms with van der Waals surface area (Å²) in [6.45, 7) is 0.731. The molecule has 0 unspecified atom stereocenters. The summed E-state index contributed by atoms with van der Waals surface area (Å²) < 4.78 is 0. The third-order valence-electron chi connectivity index (χ3n) is 6.75. The number of carbonyl (C=O) groups excluding carboxylic acids is 4. The molecule has 0 aromatic heterocycles. The van der Waals surface area contributed by atoms with Crippen LogP contribution >= 0.6 is 0 Å². The first-order valence-corrected chi connectivity index (χ1v) is 13.4. The van der Waals surface area contributed by atoms with Gasteiger partial charge in [-0.25, -0.2) is 4.79 Å². The minimum absolute atomic E-state index is 0.0512. The van der Waals surface area contributed by atoms with Crippen LogP contribution < -0.4 is 10.6 Å². The number of aliphatic carboxylic acids is 2. The number of ketones is 2. The van der Waals surface area contributed by atoms with E-state index in [0.29, 0.717) is 0 Å².